The number of aryl methyl sites for hydroxylation is 1. The molecule has 2 aromatic rings. The van der Waals surface area contributed by atoms with Gasteiger partial charge in [0.25, 0.3) is 0 Å². The van der Waals surface area contributed by atoms with Crippen LogP contribution in [0.3, 0.4) is 0 Å². The van der Waals surface area contributed by atoms with Crippen molar-refractivity contribution >= 4 is 34.7 Å². The van der Waals surface area contributed by atoms with E-state index in [1.54, 1.807) is 38.1 Å². The molecule has 0 fully saturated rings. The number of carbonyl (C=O) groups is 2. The molecule has 0 bridgehead atoms. The maximum atomic E-state index is 12.2. The van der Waals surface area contributed by atoms with Gasteiger partial charge in [0, 0.05) is 21.9 Å². The lowest BCUT2D eigenvalue weighted by molar-refractivity contribution is 0.0522. The van der Waals surface area contributed by atoms with E-state index in [1.807, 2.05) is 0 Å². The van der Waals surface area contributed by atoms with E-state index in [0.717, 1.165) is 0 Å². The van der Waals surface area contributed by atoms with Gasteiger partial charge < -0.3 is 9.84 Å². The van der Waals surface area contributed by atoms with Crippen LogP contribution in [0.1, 0.15) is 37.4 Å². The average Bonchev–Trinajstić information content (AvgIpc) is 2.74. The molecule has 0 aliphatic carbocycles. The molecule has 1 N–H and O–H groups in total. The van der Waals surface area contributed by atoms with Gasteiger partial charge in [-0.25, -0.2) is 4.79 Å². The summed E-state index contributed by atoms with van der Waals surface area (Å²) in [5, 5.41) is 10.7. The number of Topliss-reactive ketones (excluding diaryl/α,β-unsaturated/α-hetero) is 1. The third-order valence-electron chi connectivity index (χ3n) is 3.10. The van der Waals surface area contributed by atoms with Gasteiger partial charge in [0.15, 0.2) is 5.78 Å². The van der Waals surface area contributed by atoms with Crippen molar-refractivity contribution in [3.8, 4) is 5.75 Å². The Balaban J connectivity index is 2.23. The molecule has 0 saturated carbocycles. The molecule has 0 spiro atoms. The number of benzene rings is 1. The van der Waals surface area contributed by atoms with Gasteiger partial charge in [0.2, 0.25) is 0 Å². The normalized spacial score (nSPS) is 10.5. The van der Waals surface area contributed by atoms with Crippen molar-refractivity contribution in [3.63, 3.8) is 0 Å². The molecule has 0 amide bonds. The van der Waals surface area contributed by atoms with E-state index < -0.39 is 5.97 Å². The van der Waals surface area contributed by atoms with Crippen molar-refractivity contribution in [1.29, 1.82) is 0 Å². The lowest BCUT2D eigenvalue weighted by Crippen LogP contribution is -2.05. The Bertz CT molecular complexity index is 704. The van der Waals surface area contributed by atoms with Gasteiger partial charge in [-0.15, -0.1) is 11.3 Å². The van der Waals surface area contributed by atoms with Gasteiger partial charge in [-0.1, -0.05) is 11.6 Å². The molecule has 0 aliphatic heterocycles. The molecule has 1 aromatic heterocycles. The monoisotopic (exact) mass is 338 g/mol. The Kier molecular flexibility index (Phi) is 5.21. The van der Waals surface area contributed by atoms with Gasteiger partial charge in [0.05, 0.1) is 11.5 Å². The lowest BCUT2D eigenvalue weighted by Gasteiger charge is -2.02. The van der Waals surface area contributed by atoms with Crippen molar-refractivity contribution in [3.05, 3.63) is 50.2 Å². The molecule has 2 rings (SSSR count). The smallest absolute Gasteiger partial charge is 0.343 e. The molecule has 0 atom stereocenters. The van der Waals surface area contributed by atoms with E-state index in [4.69, 9.17) is 16.3 Å². The average molecular weight is 339 g/mol. The van der Waals surface area contributed by atoms with Crippen LogP contribution >= 0.6 is 22.9 Å². The van der Waals surface area contributed by atoms with Crippen molar-refractivity contribution < 1.29 is 19.4 Å². The van der Waals surface area contributed by atoms with Gasteiger partial charge in [-0.3, -0.25) is 4.79 Å². The van der Waals surface area contributed by atoms with Crippen LogP contribution in [0.15, 0.2) is 24.3 Å². The van der Waals surface area contributed by atoms with Crippen LogP contribution in [-0.4, -0.2) is 23.5 Å². The summed E-state index contributed by atoms with van der Waals surface area (Å²) in [4.78, 5) is 25.1. The predicted octanol–water partition coefficient (Wildman–Crippen LogP) is 4.02. The summed E-state index contributed by atoms with van der Waals surface area (Å²) in [5.41, 5.74) is 0.651. The summed E-state index contributed by atoms with van der Waals surface area (Å²) in [6, 6.07) is 6.54. The Morgan fingerprint density at radius 3 is 2.50 bits per heavy atom. The molecule has 1 heterocycles. The fraction of sp³-hybridized carbons (Fsp3) is 0.250. The zero-order chi connectivity index (χ0) is 16.3. The highest BCUT2D eigenvalue weighted by atomic mass is 35.5. The summed E-state index contributed by atoms with van der Waals surface area (Å²) in [5.74, 6) is -0.883. The maximum Gasteiger partial charge on any atom is 0.343 e. The minimum absolute atomic E-state index is 0.0262. The SMILES string of the molecule is CCOC(=O)c1c(C)sc(CC(=O)c2ccc(Cl)cc2)c1O. The van der Waals surface area contributed by atoms with E-state index in [-0.39, 0.29) is 30.1 Å². The second-order valence-electron chi connectivity index (χ2n) is 4.63. The number of hydrogen-bond acceptors (Lipinski definition) is 5. The number of ketones is 1. The molecule has 0 saturated heterocycles. The number of rotatable bonds is 5. The molecule has 4 nitrogen and oxygen atoms in total. The summed E-state index contributed by atoms with van der Waals surface area (Å²) < 4.78 is 4.91. The van der Waals surface area contributed by atoms with Gasteiger partial charge in [-0.05, 0) is 38.1 Å². The van der Waals surface area contributed by atoms with Crippen molar-refractivity contribution in [1.82, 2.24) is 0 Å². The fourth-order valence-corrected chi connectivity index (χ4v) is 3.22. The Labute approximate surface area is 137 Å². The maximum absolute atomic E-state index is 12.2. The number of carbonyl (C=O) groups excluding carboxylic acids is 2. The van der Waals surface area contributed by atoms with Crippen LogP contribution in [0.2, 0.25) is 5.02 Å². The number of ether oxygens (including phenoxy) is 1. The number of esters is 1. The topological polar surface area (TPSA) is 63.6 Å². The van der Waals surface area contributed by atoms with Crippen molar-refractivity contribution in [2.75, 3.05) is 6.61 Å². The van der Waals surface area contributed by atoms with Crippen molar-refractivity contribution in [2.24, 2.45) is 0 Å². The van der Waals surface area contributed by atoms with Crippen LogP contribution < -0.4 is 0 Å². The highest BCUT2D eigenvalue weighted by Crippen LogP contribution is 2.35. The van der Waals surface area contributed by atoms with Crippen LogP contribution in [0.25, 0.3) is 0 Å². The number of aromatic hydroxyl groups is 1. The first kappa shape index (κ1) is 16.5. The molecule has 6 heteroatoms. The molecule has 116 valence electrons. The van der Waals surface area contributed by atoms with Gasteiger partial charge in [0.1, 0.15) is 11.3 Å². The van der Waals surface area contributed by atoms with Gasteiger partial charge in [-0.2, -0.15) is 0 Å². The summed E-state index contributed by atoms with van der Waals surface area (Å²) in [6.07, 6.45) is 0.0262. The fourth-order valence-electron chi connectivity index (χ4n) is 2.04. The van der Waals surface area contributed by atoms with Crippen LogP contribution in [0.5, 0.6) is 5.75 Å². The number of hydrogen-bond donors (Lipinski definition) is 1. The number of thiophene rings is 1. The summed E-state index contributed by atoms with van der Waals surface area (Å²) >= 11 is 7.01. The quantitative estimate of drug-likeness (QED) is 0.660. The Hall–Kier alpha value is -1.85. The molecule has 1 aromatic carbocycles. The van der Waals surface area contributed by atoms with E-state index >= 15 is 0 Å². The first-order chi connectivity index (χ1) is 10.4. The van der Waals surface area contributed by atoms with Crippen molar-refractivity contribution in [2.45, 2.75) is 20.3 Å². The third-order valence-corrected chi connectivity index (χ3v) is 4.44. The highest BCUT2D eigenvalue weighted by molar-refractivity contribution is 7.12. The molecule has 0 radical (unpaired) electrons. The first-order valence-electron chi connectivity index (χ1n) is 6.71. The standard InChI is InChI=1S/C16H15ClO4S/c1-3-21-16(20)14-9(2)22-13(15(14)19)8-12(18)10-4-6-11(17)7-5-10/h4-7,19H,3,8H2,1-2H3. The molecule has 0 aliphatic rings. The minimum Gasteiger partial charge on any atom is -0.506 e. The second-order valence-corrected chi connectivity index (χ2v) is 6.38. The molecular weight excluding hydrogens is 324 g/mol. The van der Waals surface area contributed by atoms with E-state index in [1.165, 1.54) is 11.3 Å². The molecular formula is C16H15ClO4S. The molecule has 0 unspecified atom stereocenters. The van der Waals surface area contributed by atoms with E-state index in [9.17, 15) is 14.7 Å². The number of halogens is 1. The summed E-state index contributed by atoms with van der Waals surface area (Å²) in [7, 11) is 0. The van der Waals surface area contributed by atoms with E-state index in [0.29, 0.717) is 20.3 Å². The van der Waals surface area contributed by atoms with E-state index in [2.05, 4.69) is 0 Å². The van der Waals surface area contributed by atoms with Gasteiger partial charge >= 0.3 is 5.97 Å². The zero-order valence-electron chi connectivity index (χ0n) is 12.2. The zero-order valence-corrected chi connectivity index (χ0v) is 13.8. The predicted molar refractivity (Wildman–Crippen MR) is 86.2 cm³/mol. The molecule has 22 heavy (non-hydrogen) atoms. The second kappa shape index (κ2) is 6.94. The minimum atomic E-state index is -0.570. The lowest BCUT2D eigenvalue weighted by atomic mass is 10.1. The first-order valence-corrected chi connectivity index (χ1v) is 7.90. The van der Waals surface area contributed by atoms with Crippen LogP contribution in [0, 0.1) is 6.92 Å². The highest BCUT2D eigenvalue weighted by Gasteiger charge is 2.23. The largest absolute Gasteiger partial charge is 0.506 e. The Morgan fingerprint density at radius 2 is 1.91 bits per heavy atom. The van der Waals surface area contributed by atoms with Crippen LogP contribution in [-0.2, 0) is 11.2 Å². The summed E-state index contributed by atoms with van der Waals surface area (Å²) in [6.45, 7) is 3.64. The third kappa shape index (κ3) is 3.48. The Morgan fingerprint density at radius 1 is 1.27 bits per heavy atom. The van der Waals surface area contributed by atoms with Crippen LogP contribution in [0.4, 0.5) is 0 Å².